The lowest BCUT2D eigenvalue weighted by Crippen LogP contribution is -2.37. The molecular formula is C22H34ClN5O2. The van der Waals surface area contributed by atoms with Gasteiger partial charge in [-0.25, -0.2) is 4.68 Å². The van der Waals surface area contributed by atoms with Crippen molar-refractivity contribution in [2.24, 2.45) is 0 Å². The van der Waals surface area contributed by atoms with E-state index in [4.69, 9.17) is 4.74 Å². The monoisotopic (exact) mass is 435 g/mol. The second kappa shape index (κ2) is 10.3. The molecule has 166 valence electrons. The van der Waals surface area contributed by atoms with E-state index in [0.29, 0.717) is 18.3 Å². The number of benzene rings is 1. The Morgan fingerprint density at radius 2 is 1.90 bits per heavy atom. The summed E-state index contributed by atoms with van der Waals surface area (Å²) in [6, 6.07) is 8.28. The molecule has 1 unspecified atom stereocenters. The highest BCUT2D eigenvalue weighted by atomic mass is 35.5. The maximum atomic E-state index is 12.6. The van der Waals surface area contributed by atoms with Crippen LogP contribution in [0.15, 0.2) is 24.3 Å². The molecule has 0 saturated carbocycles. The maximum absolute atomic E-state index is 12.6. The van der Waals surface area contributed by atoms with Crippen LogP contribution in [0.1, 0.15) is 68.3 Å². The highest BCUT2D eigenvalue weighted by Gasteiger charge is 2.23. The predicted octanol–water partition coefficient (Wildman–Crippen LogP) is 3.43. The molecule has 1 aromatic heterocycles. The van der Waals surface area contributed by atoms with E-state index in [-0.39, 0.29) is 29.8 Å². The van der Waals surface area contributed by atoms with E-state index < -0.39 is 0 Å². The molecule has 0 bridgehead atoms. The second-order valence-electron chi connectivity index (χ2n) is 8.91. The number of rotatable bonds is 6. The minimum atomic E-state index is -0.207. The molecule has 8 heteroatoms. The fraction of sp³-hybridized carbons (Fsp3) is 0.591. The third-order valence-electron chi connectivity index (χ3n) is 5.39. The molecule has 1 aromatic carbocycles. The molecule has 0 aliphatic carbocycles. The first-order valence-electron chi connectivity index (χ1n) is 10.4. The first kappa shape index (κ1) is 24.2. The number of ether oxygens (including phenoxy) is 1. The van der Waals surface area contributed by atoms with Gasteiger partial charge in [0, 0.05) is 0 Å². The fourth-order valence-corrected chi connectivity index (χ4v) is 3.55. The van der Waals surface area contributed by atoms with E-state index >= 15 is 0 Å². The van der Waals surface area contributed by atoms with Crippen molar-refractivity contribution in [2.75, 3.05) is 19.7 Å². The standard InChI is InChI=1S/C22H33N5O2.ClH/c1-15(14-29-19-8-6-17(7-9-19)22(3,4)5)24-21(28)20-16(2)27(26-25-20)18-10-12-23-13-11-18;/h6-9,15,18,23H,10-14H2,1-5H3,(H,24,28);1H. The van der Waals surface area contributed by atoms with Crippen LogP contribution in [0.5, 0.6) is 5.75 Å². The third kappa shape index (κ3) is 5.95. The van der Waals surface area contributed by atoms with Gasteiger partial charge in [0.05, 0.1) is 17.8 Å². The number of carbonyl (C=O) groups excluding carboxylic acids is 1. The molecule has 30 heavy (non-hydrogen) atoms. The van der Waals surface area contributed by atoms with Crippen LogP contribution in [0.3, 0.4) is 0 Å². The Balaban J connectivity index is 0.00000320. The van der Waals surface area contributed by atoms with Crippen molar-refractivity contribution in [2.45, 2.75) is 65.0 Å². The van der Waals surface area contributed by atoms with Gasteiger partial charge in [-0.1, -0.05) is 38.1 Å². The molecule has 0 radical (unpaired) electrons. The van der Waals surface area contributed by atoms with Gasteiger partial charge >= 0.3 is 0 Å². The molecule has 1 fully saturated rings. The van der Waals surface area contributed by atoms with Crippen molar-refractivity contribution in [3.05, 3.63) is 41.2 Å². The average molecular weight is 436 g/mol. The maximum Gasteiger partial charge on any atom is 0.274 e. The van der Waals surface area contributed by atoms with Crippen LogP contribution in [0, 0.1) is 6.92 Å². The van der Waals surface area contributed by atoms with Crippen molar-refractivity contribution < 1.29 is 9.53 Å². The van der Waals surface area contributed by atoms with Gasteiger partial charge in [-0.15, -0.1) is 17.5 Å². The zero-order valence-electron chi connectivity index (χ0n) is 18.6. The van der Waals surface area contributed by atoms with Gasteiger partial charge in [0.15, 0.2) is 5.69 Å². The van der Waals surface area contributed by atoms with Crippen LogP contribution in [0.25, 0.3) is 0 Å². The molecule has 1 aliphatic rings. The Morgan fingerprint density at radius 1 is 1.27 bits per heavy atom. The summed E-state index contributed by atoms with van der Waals surface area (Å²) in [6.07, 6.45) is 2.01. The lowest BCUT2D eigenvalue weighted by Gasteiger charge is -2.23. The summed E-state index contributed by atoms with van der Waals surface area (Å²) in [4.78, 5) is 12.6. The summed E-state index contributed by atoms with van der Waals surface area (Å²) in [5.74, 6) is 0.592. The van der Waals surface area contributed by atoms with Crippen LogP contribution in [-0.2, 0) is 5.41 Å². The number of nitrogens with one attached hydrogen (secondary N) is 2. The van der Waals surface area contributed by atoms with Crippen molar-refractivity contribution in [1.29, 1.82) is 0 Å². The molecule has 3 rings (SSSR count). The molecule has 1 saturated heterocycles. The average Bonchev–Trinajstić information content (AvgIpc) is 3.08. The zero-order chi connectivity index (χ0) is 21.0. The largest absolute Gasteiger partial charge is 0.491 e. The Morgan fingerprint density at radius 3 is 2.50 bits per heavy atom. The van der Waals surface area contributed by atoms with Crippen molar-refractivity contribution in [3.8, 4) is 5.75 Å². The van der Waals surface area contributed by atoms with Gasteiger partial charge < -0.3 is 15.4 Å². The van der Waals surface area contributed by atoms with Crippen LogP contribution in [0.4, 0.5) is 0 Å². The quantitative estimate of drug-likeness (QED) is 0.726. The van der Waals surface area contributed by atoms with Crippen molar-refractivity contribution in [1.82, 2.24) is 25.6 Å². The zero-order valence-corrected chi connectivity index (χ0v) is 19.4. The topological polar surface area (TPSA) is 81.1 Å². The van der Waals surface area contributed by atoms with E-state index in [1.165, 1.54) is 5.56 Å². The van der Waals surface area contributed by atoms with Crippen LogP contribution >= 0.6 is 12.4 Å². The van der Waals surface area contributed by atoms with Crippen molar-refractivity contribution in [3.63, 3.8) is 0 Å². The number of piperidine rings is 1. The Hall–Kier alpha value is -2.12. The lowest BCUT2D eigenvalue weighted by molar-refractivity contribution is 0.0920. The van der Waals surface area contributed by atoms with E-state index in [0.717, 1.165) is 37.4 Å². The van der Waals surface area contributed by atoms with E-state index in [1.807, 2.05) is 30.7 Å². The van der Waals surface area contributed by atoms with Crippen LogP contribution in [0.2, 0.25) is 0 Å². The lowest BCUT2D eigenvalue weighted by atomic mass is 9.87. The van der Waals surface area contributed by atoms with Gasteiger partial charge in [0.1, 0.15) is 12.4 Å². The molecule has 0 spiro atoms. The normalized spacial score (nSPS) is 15.9. The number of halogens is 1. The molecule has 2 aromatic rings. The number of carbonyl (C=O) groups is 1. The SMILES string of the molecule is Cc1c(C(=O)NC(C)COc2ccc(C(C)(C)C)cc2)nnn1C1CCNCC1.Cl. The summed E-state index contributed by atoms with van der Waals surface area (Å²) in [5.41, 5.74) is 2.59. The molecule has 2 heterocycles. The Bertz CT molecular complexity index is 823. The van der Waals surface area contributed by atoms with Gasteiger partial charge in [-0.3, -0.25) is 4.79 Å². The fourth-order valence-electron chi connectivity index (χ4n) is 3.55. The van der Waals surface area contributed by atoms with E-state index in [2.05, 4.69) is 53.8 Å². The number of aromatic nitrogens is 3. The third-order valence-corrected chi connectivity index (χ3v) is 5.39. The first-order chi connectivity index (χ1) is 13.8. The molecule has 1 atom stereocenters. The highest BCUT2D eigenvalue weighted by molar-refractivity contribution is 5.93. The molecule has 1 aliphatic heterocycles. The molecule has 7 nitrogen and oxygen atoms in total. The number of nitrogens with zero attached hydrogens (tertiary/aromatic N) is 3. The number of hydrogen-bond donors (Lipinski definition) is 2. The van der Waals surface area contributed by atoms with Crippen LogP contribution in [-0.4, -0.2) is 46.6 Å². The minimum Gasteiger partial charge on any atom is -0.491 e. The van der Waals surface area contributed by atoms with Crippen LogP contribution < -0.4 is 15.4 Å². The smallest absolute Gasteiger partial charge is 0.274 e. The first-order valence-corrected chi connectivity index (χ1v) is 10.4. The Kier molecular flexibility index (Phi) is 8.26. The predicted molar refractivity (Wildman–Crippen MR) is 121 cm³/mol. The summed E-state index contributed by atoms with van der Waals surface area (Å²) in [6.45, 7) is 12.7. The van der Waals surface area contributed by atoms with Gasteiger partial charge in [0.2, 0.25) is 0 Å². The van der Waals surface area contributed by atoms with Gasteiger partial charge in [-0.05, 0) is 62.9 Å². The van der Waals surface area contributed by atoms with Crippen molar-refractivity contribution >= 4 is 18.3 Å². The summed E-state index contributed by atoms with van der Waals surface area (Å²) >= 11 is 0. The summed E-state index contributed by atoms with van der Waals surface area (Å²) in [7, 11) is 0. The van der Waals surface area contributed by atoms with E-state index in [1.54, 1.807) is 0 Å². The van der Waals surface area contributed by atoms with Gasteiger partial charge in [0.25, 0.3) is 5.91 Å². The molecular weight excluding hydrogens is 402 g/mol. The summed E-state index contributed by atoms with van der Waals surface area (Å²) < 4.78 is 7.74. The minimum absolute atomic E-state index is 0. The molecule has 1 amide bonds. The Labute approximate surface area is 185 Å². The molecule has 2 N–H and O–H groups in total. The number of amides is 1. The van der Waals surface area contributed by atoms with E-state index in [9.17, 15) is 4.79 Å². The highest BCUT2D eigenvalue weighted by Crippen LogP contribution is 2.24. The summed E-state index contributed by atoms with van der Waals surface area (Å²) in [5, 5.41) is 14.7. The second-order valence-corrected chi connectivity index (χ2v) is 8.91. The van der Waals surface area contributed by atoms with Gasteiger partial charge in [-0.2, -0.15) is 0 Å². The number of hydrogen-bond acceptors (Lipinski definition) is 5.